The first-order valence-electron chi connectivity index (χ1n) is 6.84. The van der Waals surface area contributed by atoms with Crippen molar-refractivity contribution in [3.05, 3.63) is 27.9 Å². The van der Waals surface area contributed by atoms with E-state index in [1.165, 1.54) is 12.3 Å². The third-order valence-electron chi connectivity index (χ3n) is 3.32. The van der Waals surface area contributed by atoms with Crippen LogP contribution in [0.1, 0.15) is 18.4 Å². The second kappa shape index (κ2) is 7.16. The molecule has 0 saturated carbocycles. The third-order valence-corrected chi connectivity index (χ3v) is 3.32. The molecule has 1 aromatic heterocycles. The van der Waals surface area contributed by atoms with Gasteiger partial charge < -0.3 is 15.4 Å². The van der Waals surface area contributed by atoms with Gasteiger partial charge in [-0.15, -0.1) is 0 Å². The van der Waals surface area contributed by atoms with Crippen LogP contribution in [0.5, 0.6) is 0 Å². The van der Waals surface area contributed by atoms with Crippen LogP contribution in [0.25, 0.3) is 0 Å². The van der Waals surface area contributed by atoms with Crippen molar-refractivity contribution >= 4 is 11.5 Å². The molecule has 1 fully saturated rings. The summed E-state index contributed by atoms with van der Waals surface area (Å²) < 4.78 is 5.74. The molecule has 0 radical (unpaired) electrons. The molecule has 0 atom stereocenters. The van der Waals surface area contributed by atoms with Crippen molar-refractivity contribution < 1.29 is 9.66 Å². The zero-order chi connectivity index (χ0) is 14.4. The number of rotatable bonds is 6. The van der Waals surface area contributed by atoms with Gasteiger partial charge in [0, 0.05) is 18.3 Å². The van der Waals surface area contributed by atoms with Gasteiger partial charge in [0.05, 0.1) is 23.7 Å². The fourth-order valence-electron chi connectivity index (χ4n) is 2.17. The molecule has 2 N–H and O–H groups in total. The molecule has 0 aromatic carbocycles. The molecule has 0 amide bonds. The Hall–Kier alpha value is -1.73. The predicted octanol–water partition coefficient (Wildman–Crippen LogP) is 1.48. The number of piperidine rings is 1. The molecule has 0 unspecified atom stereocenters. The van der Waals surface area contributed by atoms with Crippen molar-refractivity contribution in [1.29, 1.82) is 0 Å². The standard InChI is InChI=1S/C13H20N4O3/c1-10-9-16-13(8-12(10)17(18)19)15-6-7-20-11-2-4-14-5-3-11/h8-9,11,14H,2-7H2,1H3,(H,15,16). The molecule has 0 spiro atoms. The number of hydrogen-bond acceptors (Lipinski definition) is 6. The highest BCUT2D eigenvalue weighted by Gasteiger charge is 2.13. The molecule has 1 aliphatic rings. The number of aromatic nitrogens is 1. The molecule has 1 aromatic rings. The number of pyridine rings is 1. The Bertz CT molecular complexity index is 461. The van der Waals surface area contributed by atoms with Crippen LogP contribution in [-0.2, 0) is 4.74 Å². The topological polar surface area (TPSA) is 89.3 Å². The Labute approximate surface area is 117 Å². The molecule has 7 nitrogen and oxygen atoms in total. The van der Waals surface area contributed by atoms with Crippen LogP contribution < -0.4 is 10.6 Å². The van der Waals surface area contributed by atoms with E-state index in [2.05, 4.69) is 15.6 Å². The molecule has 2 heterocycles. The summed E-state index contributed by atoms with van der Waals surface area (Å²) in [5.41, 5.74) is 0.647. The minimum Gasteiger partial charge on any atom is -0.376 e. The third kappa shape index (κ3) is 4.14. The van der Waals surface area contributed by atoms with E-state index in [-0.39, 0.29) is 5.69 Å². The molecule has 7 heteroatoms. The van der Waals surface area contributed by atoms with E-state index < -0.39 is 4.92 Å². The lowest BCUT2D eigenvalue weighted by molar-refractivity contribution is -0.385. The summed E-state index contributed by atoms with van der Waals surface area (Å²) in [5, 5.41) is 17.2. The van der Waals surface area contributed by atoms with E-state index in [4.69, 9.17) is 4.74 Å². The number of hydrogen-bond donors (Lipinski definition) is 2. The summed E-state index contributed by atoms with van der Waals surface area (Å²) in [6.45, 7) is 4.86. The Kier molecular flexibility index (Phi) is 5.25. The summed E-state index contributed by atoms with van der Waals surface area (Å²) in [6, 6.07) is 1.46. The molecule has 1 saturated heterocycles. The maximum absolute atomic E-state index is 10.8. The van der Waals surface area contributed by atoms with Gasteiger partial charge in [-0.05, 0) is 32.9 Å². The SMILES string of the molecule is Cc1cnc(NCCOC2CCNCC2)cc1[N+](=O)[O-]. The van der Waals surface area contributed by atoms with E-state index >= 15 is 0 Å². The largest absolute Gasteiger partial charge is 0.376 e. The lowest BCUT2D eigenvalue weighted by Gasteiger charge is -2.22. The lowest BCUT2D eigenvalue weighted by atomic mass is 10.1. The van der Waals surface area contributed by atoms with Gasteiger partial charge in [-0.1, -0.05) is 0 Å². The highest BCUT2D eigenvalue weighted by atomic mass is 16.6. The Morgan fingerprint density at radius 2 is 2.30 bits per heavy atom. The van der Waals surface area contributed by atoms with Crippen LogP contribution in [0, 0.1) is 17.0 Å². The van der Waals surface area contributed by atoms with E-state index in [0.29, 0.717) is 30.6 Å². The van der Waals surface area contributed by atoms with Gasteiger partial charge in [-0.3, -0.25) is 10.1 Å². The summed E-state index contributed by atoms with van der Waals surface area (Å²) in [7, 11) is 0. The number of nitrogens with one attached hydrogen (secondary N) is 2. The number of nitro groups is 1. The maximum atomic E-state index is 10.8. The van der Waals surface area contributed by atoms with E-state index in [1.807, 2.05) is 0 Å². The highest BCUT2D eigenvalue weighted by Crippen LogP contribution is 2.19. The van der Waals surface area contributed by atoms with Gasteiger partial charge in [0.15, 0.2) is 0 Å². The average Bonchev–Trinajstić information content (AvgIpc) is 2.46. The zero-order valence-electron chi connectivity index (χ0n) is 11.6. The van der Waals surface area contributed by atoms with Gasteiger partial charge in [-0.2, -0.15) is 0 Å². The maximum Gasteiger partial charge on any atom is 0.277 e. The first kappa shape index (κ1) is 14.7. The van der Waals surface area contributed by atoms with Gasteiger partial charge in [0.2, 0.25) is 0 Å². The monoisotopic (exact) mass is 280 g/mol. The van der Waals surface area contributed by atoms with E-state index in [0.717, 1.165) is 25.9 Å². The molecular weight excluding hydrogens is 260 g/mol. The molecule has 110 valence electrons. The molecule has 0 bridgehead atoms. The van der Waals surface area contributed by atoms with Crippen molar-refractivity contribution in [2.45, 2.75) is 25.9 Å². The van der Waals surface area contributed by atoms with Crippen molar-refractivity contribution in [1.82, 2.24) is 10.3 Å². The molecule has 1 aliphatic heterocycles. The smallest absolute Gasteiger partial charge is 0.277 e. The van der Waals surface area contributed by atoms with Crippen LogP contribution in [0.3, 0.4) is 0 Å². The molecular formula is C13H20N4O3. The van der Waals surface area contributed by atoms with Crippen LogP contribution >= 0.6 is 0 Å². The first-order valence-corrected chi connectivity index (χ1v) is 6.84. The molecule has 20 heavy (non-hydrogen) atoms. The van der Waals surface area contributed by atoms with E-state index in [9.17, 15) is 10.1 Å². The van der Waals surface area contributed by atoms with E-state index in [1.54, 1.807) is 6.92 Å². The summed E-state index contributed by atoms with van der Waals surface area (Å²) in [6.07, 6.45) is 3.90. The van der Waals surface area contributed by atoms with Crippen molar-refractivity contribution in [3.63, 3.8) is 0 Å². The summed E-state index contributed by atoms with van der Waals surface area (Å²) in [4.78, 5) is 14.6. The molecule has 2 rings (SSSR count). The van der Waals surface area contributed by atoms with Gasteiger partial charge >= 0.3 is 0 Å². The fraction of sp³-hybridized carbons (Fsp3) is 0.615. The van der Waals surface area contributed by atoms with Crippen LogP contribution in [0.15, 0.2) is 12.3 Å². The van der Waals surface area contributed by atoms with Crippen LogP contribution in [0.4, 0.5) is 11.5 Å². The predicted molar refractivity (Wildman–Crippen MR) is 76.0 cm³/mol. The molecule has 0 aliphatic carbocycles. The van der Waals surface area contributed by atoms with Crippen molar-refractivity contribution in [2.24, 2.45) is 0 Å². The average molecular weight is 280 g/mol. The normalized spacial score (nSPS) is 16.1. The second-order valence-electron chi connectivity index (χ2n) is 4.86. The fourth-order valence-corrected chi connectivity index (χ4v) is 2.17. The summed E-state index contributed by atoms with van der Waals surface area (Å²) in [5.74, 6) is 0.510. The highest BCUT2D eigenvalue weighted by molar-refractivity contribution is 5.48. The number of aryl methyl sites for hydroxylation is 1. The minimum atomic E-state index is -0.395. The summed E-state index contributed by atoms with van der Waals surface area (Å²) >= 11 is 0. The minimum absolute atomic E-state index is 0.0850. The van der Waals surface area contributed by atoms with Gasteiger partial charge in [-0.25, -0.2) is 4.98 Å². The Morgan fingerprint density at radius 1 is 1.55 bits per heavy atom. The second-order valence-corrected chi connectivity index (χ2v) is 4.86. The lowest BCUT2D eigenvalue weighted by Crippen LogP contribution is -2.33. The zero-order valence-corrected chi connectivity index (χ0v) is 11.6. The van der Waals surface area contributed by atoms with Gasteiger partial charge in [0.25, 0.3) is 5.69 Å². The number of ether oxygens (including phenoxy) is 1. The first-order chi connectivity index (χ1) is 9.66. The quantitative estimate of drug-likeness (QED) is 0.466. The number of nitrogens with zero attached hydrogens (tertiary/aromatic N) is 2. The Morgan fingerprint density at radius 3 is 3.00 bits per heavy atom. The van der Waals surface area contributed by atoms with Crippen LogP contribution in [-0.4, -0.2) is 42.3 Å². The van der Waals surface area contributed by atoms with Gasteiger partial charge in [0.1, 0.15) is 5.82 Å². The van der Waals surface area contributed by atoms with Crippen molar-refractivity contribution in [2.75, 3.05) is 31.6 Å². The van der Waals surface area contributed by atoms with Crippen molar-refractivity contribution in [3.8, 4) is 0 Å². The number of anilines is 1. The van der Waals surface area contributed by atoms with Crippen LogP contribution in [0.2, 0.25) is 0 Å². The Balaban J connectivity index is 1.76.